The SMILES string of the molecule is C=CC1CCC(C2CCC([C@@H]3CCC(OC)C(F)C3F)CC2)CC1. The summed E-state index contributed by atoms with van der Waals surface area (Å²) in [5.74, 6) is 2.71. The Kier molecular flexibility index (Phi) is 6.34. The maximum Gasteiger partial charge on any atom is 0.157 e. The molecule has 0 aromatic rings. The molecule has 0 spiro atoms. The third kappa shape index (κ3) is 3.86. The van der Waals surface area contributed by atoms with Crippen LogP contribution in [0.3, 0.4) is 0 Å². The minimum absolute atomic E-state index is 0.0798. The number of ether oxygens (including phenoxy) is 1. The first-order chi connectivity index (χ1) is 11.6. The van der Waals surface area contributed by atoms with E-state index >= 15 is 0 Å². The van der Waals surface area contributed by atoms with Crippen molar-refractivity contribution in [3.05, 3.63) is 12.7 Å². The molecule has 0 N–H and O–H groups in total. The number of methoxy groups -OCH3 is 1. The van der Waals surface area contributed by atoms with Gasteiger partial charge in [-0.3, -0.25) is 0 Å². The molecule has 24 heavy (non-hydrogen) atoms. The number of alkyl halides is 2. The lowest BCUT2D eigenvalue weighted by Crippen LogP contribution is -2.45. The van der Waals surface area contributed by atoms with E-state index in [1.54, 1.807) is 0 Å². The topological polar surface area (TPSA) is 9.23 Å². The Balaban J connectivity index is 1.48. The van der Waals surface area contributed by atoms with Crippen molar-refractivity contribution in [2.24, 2.45) is 29.6 Å². The van der Waals surface area contributed by atoms with E-state index in [4.69, 9.17) is 4.74 Å². The number of rotatable bonds is 4. The van der Waals surface area contributed by atoms with Crippen molar-refractivity contribution in [1.82, 2.24) is 0 Å². The normalized spacial score (nSPS) is 47.3. The maximum absolute atomic E-state index is 14.5. The number of halogens is 2. The summed E-state index contributed by atoms with van der Waals surface area (Å²) in [4.78, 5) is 0. The molecule has 3 fully saturated rings. The van der Waals surface area contributed by atoms with Gasteiger partial charge in [-0.2, -0.15) is 0 Å². The predicted octanol–water partition coefficient (Wildman–Crippen LogP) is 5.89. The minimum atomic E-state index is -1.43. The highest BCUT2D eigenvalue weighted by atomic mass is 19.2. The highest BCUT2D eigenvalue weighted by molar-refractivity contribution is 4.94. The molecule has 0 heterocycles. The molecule has 0 saturated heterocycles. The van der Waals surface area contributed by atoms with Crippen LogP contribution >= 0.6 is 0 Å². The quantitative estimate of drug-likeness (QED) is 0.580. The minimum Gasteiger partial charge on any atom is -0.378 e. The monoisotopic (exact) mass is 340 g/mol. The molecule has 3 heteroatoms. The molecule has 3 aliphatic rings. The second-order valence-corrected chi connectivity index (χ2v) is 8.49. The second-order valence-electron chi connectivity index (χ2n) is 8.49. The zero-order chi connectivity index (χ0) is 17.1. The van der Waals surface area contributed by atoms with Crippen molar-refractivity contribution < 1.29 is 13.5 Å². The van der Waals surface area contributed by atoms with Gasteiger partial charge < -0.3 is 4.74 Å². The predicted molar refractivity (Wildman–Crippen MR) is 94.4 cm³/mol. The molecular formula is C21H34F2O. The van der Waals surface area contributed by atoms with Crippen LogP contribution in [0.5, 0.6) is 0 Å². The van der Waals surface area contributed by atoms with Crippen molar-refractivity contribution in [3.63, 3.8) is 0 Å². The lowest BCUT2D eigenvalue weighted by molar-refractivity contribution is -0.0729. The van der Waals surface area contributed by atoms with E-state index in [-0.39, 0.29) is 5.92 Å². The fourth-order valence-electron chi connectivity index (χ4n) is 5.76. The van der Waals surface area contributed by atoms with Gasteiger partial charge in [-0.1, -0.05) is 6.08 Å². The third-order valence-corrected chi connectivity index (χ3v) is 7.39. The molecule has 3 rings (SSSR count). The van der Waals surface area contributed by atoms with Crippen LogP contribution in [0.2, 0.25) is 0 Å². The van der Waals surface area contributed by atoms with E-state index in [0.717, 1.165) is 37.0 Å². The first-order valence-electron chi connectivity index (χ1n) is 10.1. The average molecular weight is 340 g/mol. The fourth-order valence-corrected chi connectivity index (χ4v) is 5.76. The van der Waals surface area contributed by atoms with Crippen LogP contribution in [0.25, 0.3) is 0 Å². The Morgan fingerprint density at radius 2 is 1.29 bits per heavy atom. The summed E-state index contributed by atoms with van der Waals surface area (Å²) >= 11 is 0. The van der Waals surface area contributed by atoms with Gasteiger partial charge in [0.25, 0.3) is 0 Å². The van der Waals surface area contributed by atoms with Gasteiger partial charge in [0, 0.05) is 7.11 Å². The Morgan fingerprint density at radius 1 is 0.750 bits per heavy atom. The fraction of sp³-hybridized carbons (Fsp3) is 0.905. The Hall–Kier alpha value is -0.440. The van der Waals surface area contributed by atoms with E-state index in [9.17, 15) is 8.78 Å². The molecule has 0 radical (unpaired) electrons. The molecule has 0 aliphatic heterocycles. The molecule has 138 valence electrons. The van der Waals surface area contributed by atoms with Crippen LogP contribution in [0.1, 0.15) is 64.2 Å². The molecule has 1 nitrogen and oxygen atoms in total. The molecule has 0 aromatic heterocycles. The van der Waals surface area contributed by atoms with Crippen LogP contribution in [-0.4, -0.2) is 25.6 Å². The number of hydrogen-bond donors (Lipinski definition) is 0. The van der Waals surface area contributed by atoms with Crippen LogP contribution in [-0.2, 0) is 4.74 Å². The van der Waals surface area contributed by atoms with Crippen molar-refractivity contribution in [2.45, 2.75) is 82.7 Å². The van der Waals surface area contributed by atoms with E-state index < -0.39 is 18.4 Å². The van der Waals surface area contributed by atoms with Crippen LogP contribution in [0.4, 0.5) is 8.78 Å². The van der Waals surface area contributed by atoms with Gasteiger partial charge in [0.15, 0.2) is 6.17 Å². The van der Waals surface area contributed by atoms with Crippen molar-refractivity contribution in [1.29, 1.82) is 0 Å². The molecule has 0 aromatic carbocycles. The second kappa shape index (κ2) is 8.29. The number of allylic oxidation sites excluding steroid dienone is 1. The molecule has 0 bridgehead atoms. The largest absolute Gasteiger partial charge is 0.378 e. The van der Waals surface area contributed by atoms with Gasteiger partial charge in [-0.15, -0.1) is 6.58 Å². The smallest absolute Gasteiger partial charge is 0.157 e. The molecule has 0 amide bonds. The Morgan fingerprint density at radius 3 is 1.83 bits per heavy atom. The van der Waals surface area contributed by atoms with Gasteiger partial charge in [0.2, 0.25) is 0 Å². The summed E-state index contributed by atoms with van der Waals surface area (Å²) in [6, 6.07) is 0. The van der Waals surface area contributed by atoms with Crippen molar-refractivity contribution in [2.75, 3.05) is 7.11 Å². The maximum atomic E-state index is 14.5. The van der Waals surface area contributed by atoms with Gasteiger partial charge in [0.05, 0.1) is 6.10 Å². The summed E-state index contributed by atoms with van der Waals surface area (Å²) in [5.41, 5.74) is 0. The number of hydrogen-bond acceptors (Lipinski definition) is 1. The summed E-state index contributed by atoms with van der Waals surface area (Å²) in [6.07, 6.45) is 10.2. The zero-order valence-electron chi connectivity index (χ0n) is 15.1. The average Bonchev–Trinajstić information content (AvgIpc) is 2.64. The van der Waals surface area contributed by atoms with E-state index in [0.29, 0.717) is 12.3 Å². The molecular weight excluding hydrogens is 306 g/mol. The van der Waals surface area contributed by atoms with Crippen LogP contribution in [0.15, 0.2) is 12.7 Å². The lowest BCUT2D eigenvalue weighted by Gasteiger charge is -2.43. The lowest BCUT2D eigenvalue weighted by atomic mass is 9.65. The first-order valence-corrected chi connectivity index (χ1v) is 10.1. The highest BCUT2D eigenvalue weighted by Crippen LogP contribution is 2.46. The van der Waals surface area contributed by atoms with Gasteiger partial charge in [0.1, 0.15) is 6.17 Å². The molecule has 3 saturated carbocycles. The highest BCUT2D eigenvalue weighted by Gasteiger charge is 2.44. The summed E-state index contributed by atoms with van der Waals surface area (Å²) < 4.78 is 33.8. The van der Waals surface area contributed by atoms with Crippen molar-refractivity contribution in [3.8, 4) is 0 Å². The molecule has 4 atom stereocenters. The van der Waals surface area contributed by atoms with Gasteiger partial charge in [-0.05, 0) is 93.8 Å². The summed E-state index contributed by atoms with van der Waals surface area (Å²) in [5, 5.41) is 0. The van der Waals surface area contributed by atoms with Crippen LogP contribution in [0, 0.1) is 29.6 Å². The van der Waals surface area contributed by atoms with E-state index in [1.807, 2.05) is 0 Å². The zero-order valence-corrected chi connectivity index (χ0v) is 15.1. The molecule has 3 aliphatic carbocycles. The first kappa shape index (κ1) is 18.4. The van der Waals surface area contributed by atoms with E-state index in [2.05, 4.69) is 12.7 Å². The Labute approximate surface area is 146 Å². The third-order valence-electron chi connectivity index (χ3n) is 7.39. The Bertz CT molecular complexity index is 397. The standard InChI is InChI=1S/C21H34F2O/c1-3-14-4-6-15(7-5-14)16-8-10-17(11-9-16)18-12-13-19(24-2)21(23)20(18)22/h3,14-21H,1,4-13H2,2H3/t14?,15?,16?,17?,18-,19?,20?,21?/m0/s1. The van der Waals surface area contributed by atoms with E-state index in [1.165, 1.54) is 45.6 Å². The van der Waals surface area contributed by atoms with Crippen LogP contribution < -0.4 is 0 Å². The summed E-state index contributed by atoms with van der Waals surface area (Å²) in [6.45, 7) is 3.93. The van der Waals surface area contributed by atoms with Gasteiger partial charge >= 0.3 is 0 Å². The van der Waals surface area contributed by atoms with Crippen molar-refractivity contribution >= 4 is 0 Å². The molecule has 3 unspecified atom stereocenters. The van der Waals surface area contributed by atoms with Gasteiger partial charge in [-0.25, -0.2) is 8.78 Å². The summed E-state index contributed by atoms with van der Waals surface area (Å²) in [7, 11) is 1.50.